The molecule has 0 atom stereocenters. The van der Waals surface area contributed by atoms with Gasteiger partial charge in [-0.3, -0.25) is 4.79 Å². The molecular formula is C20H24ClNO3. The summed E-state index contributed by atoms with van der Waals surface area (Å²) in [6.07, 6.45) is 2.23. The summed E-state index contributed by atoms with van der Waals surface area (Å²) in [5.74, 6) is 1.69. The van der Waals surface area contributed by atoms with E-state index in [-0.39, 0.29) is 5.91 Å². The fourth-order valence-electron chi connectivity index (χ4n) is 2.41. The number of carbonyl (C=O) groups excluding carboxylic acids is 1. The molecule has 0 saturated carbocycles. The van der Waals surface area contributed by atoms with Crippen LogP contribution < -0.4 is 9.47 Å². The van der Waals surface area contributed by atoms with Crippen molar-refractivity contribution in [3.8, 4) is 11.5 Å². The summed E-state index contributed by atoms with van der Waals surface area (Å²) >= 11 is 5.91. The third kappa shape index (κ3) is 6.67. The monoisotopic (exact) mass is 361 g/mol. The van der Waals surface area contributed by atoms with E-state index >= 15 is 0 Å². The molecule has 4 nitrogen and oxygen atoms in total. The molecule has 0 spiro atoms. The molecule has 0 radical (unpaired) electrons. The summed E-state index contributed by atoms with van der Waals surface area (Å²) in [7, 11) is 3.46. The molecule has 0 aromatic heterocycles. The van der Waals surface area contributed by atoms with Gasteiger partial charge in [-0.2, -0.15) is 0 Å². The average Bonchev–Trinajstić information content (AvgIpc) is 2.62. The number of benzene rings is 2. The Balaban J connectivity index is 1.65. The molecule has 2 aromatic carbocycles. The van der Waals surface area contributed by atoms with E-state index in [0.717, 1.165) is 18.6 Å². The van der Waals surface area contributed by atoms with E-state index in [2.05, 4.69) is 0 Å². The van der Waals surface area contributed by atoms with Crippen LogP contribution in [0.3, 0.4) is 0 Å². The zero-order valence-corrected chi connectivity index (χ0v) is 15.5. The second-order valence-electron chi connectivity index (χ2n) is 5.82. The standard InChI is InChI=1S/C20H24ClNO3/c1-22(13-14-25-19-7-4-6-17(21)15-19)20(23)8-3-5-16-9-11-18(24-2)12-10-16/h4,6-7,9-12,15H,3,5,8,13-14H2,1-2H3. The third-order valence-corrected chi connectivity index (χ3v) is 4.17. The Morgan fingerprint density at radius 1 is 1.12 bits per heavy atom. The molecule has 0 heterocycles. The number of methoxy groups -OCH3 is 1. The van der Waals surface area contributed by atoms with Gasteiger partial charge in [-0.1, -0.05) is 29.8 Å². The fourth-order valence-corrected chi connectivity index (χ4v) is 2.59. The maximum atomic E-state index is 12.2. The van der Waals surface area contributed by atoms with Gasteiger partial charge in [0.2, 0.25) is 5.91 Å². The van der Waals surface area contributed by atoms with Crippen LogP contribution in [0.1, 0.15) is 18.4 Å². The second kappa shape index (κ2) is 9.94. The highest BCUT2D eigenvalue weighted by Crippen LogP contribution is 2.17. The quantitative estimate of drug-likeness (QED) is 0.671. The summed E-state index contributed by atoms with van der Waals surface area (Å²) in [5.41, 5.74) is 1.21. The third-order valence-electron chi connectivity index (χ3n) is 3.93. The number of hydrogen-bond acceptors (Lipinski definition) is 3. The molecule has 0 aliphatic rings. The van der Waals surface area contributed by atoms with Crippen molar-refractivity contribution >= 4 is 17.5 Å². The van der Waals surface area contributed by atoms with Gasteiger partial charge in [-0.25, -0.2) is 0 Å². The molecule has 25 heavy (non-hydrogen) atoms. The molecule has 5 heteroatoms. The van der Waals surface area contributed by atoms with Gasteiger partial charge in [0.15, 0.2) is 0 Å². The zero-order valence-electron chi connectivity index (χ0n) is 14.7. The van der Waals surface area contributed by atoms with Gasteiger partial charge in [0.25, 0.3) is 0 Å². The minimum Gasteiger partial charge on any atom is -0.497 e. The number of ether oxygens (including phenoxy) is 2. The van der Waals surface area contributed by atoms with Crippen LogP contribution in [0.25, 0.3) is 0 Å². The van der Waals surface area contributed by atoms with Crippen molar-refractivity contribution in [2.75, 3.05) is 27.3 Å². The number of amides is 1. The average molecular weight is 362 g/mol. The van der Waals surface area contributed by atoms with E-state index in [1.54, 1.807) is 31.2 Å². The summed E-state index contributed by atoms with van der Waals surface area (Å²) < 4.78 is 10.8. The van der Waals surface area contributed by atoms with Crippen molar-refractivity contribution < 1.29 is 14.3 Å². The van der Waals surface area contributed by atoms with Crippen molar-refractivity contribution in [3.05, 3.63) is 59.1 Å². The molecule has 0 aliphatic heterocycles. The molecule has 2 rings (SSSR count). The smallest absolute Gasteiger partial charge is 0.222 e. The van der Waals surface area contributed by atoms with Crippen molar-refractivity contribution in [2.24, 2.45) is 0 Å². The molecule has 0 aliphatic carbocycles. The SMILES string of the molecule is COc1ccc(CCCC(=O)N(C)CCOc2cccc(Cl)c2)cc1. The predicted molar refractivity (Wildman–Crippen MR) is 101 cm³/mol. The molecule has 0 fully saturated rings. The van der Waals surface area contributed by atoms with Gasteiger partial charge in [0.1, 0.15) is 18.1 Å². The second-order valence-corrected chi connectivity index (χ2v) is 6.26. The zero-order chi connectivity index (χ0) is 18.1. The molecular weight excluding hydrogens is 338 g/mol. The highest BCUT2D eigenvalue weighted by Gasteiger charge is 2.08. The number of nitrogens with zero attached hydrogens (tertiary/aromatic N) is 1. The van der Waals surface area contributed by atoms with Crippen molar-refractivity contribution in [1.82, 2.24) is 4.90 Å². The topological polar surface area (TPSA) is 38.8 Å². The Labute approximate surface area is 154 Å². The van der Waals surface area contributed by atoms with E-state index in [9.17, 15) is 4.79 Å². The van der Waals surface area contributed by atoms with Crippen molar-refractivity contribution in [3.63, 3.8) is 0 Å². The number of halogens is 1. The lowest BCUT2D eigenvalue weighted by molar-refractivity contribution is -0.130. The maximum Gasteiger partial charge on any atom is 0.222 e. The van der Waals surface area contributed by atoms with Crippen molar-refractivity contribution in [2.45, 2.75) is 19.3 Å². The summed E-state index contributed by atoms with van der Waals surface area (Å²) in [6.45, 7) is 0.995. The Morgan fingerprint density at radius 2 is 1.88 bits per heavy atom. The highest BCUT2D eigenvalue weighted by atomic mass is 35.5. The maximum absolute atomic E-state index is 12.2. The first-order chi connectivity index (χ1) is 12.1. The minimum atomic E-state index is 0.128. The van der Waals surface area contributed by atoms with Gasteiger partial charge in [-0.15, -0.1) is 0 Å². The van der Waals surface area contributed by atoms with E-state index in [1.165, 1.54) is 5.56 Å². The number of rotatable bonds is 9. The molecule has 1 amide bonds. The van der Waals surface area contributed by atoms with Gasteiger partial charge in [-0.05, 0) is 48.7 Å². The summed E-state index contributed by atoms with van der Waals surface area (Å²) in [5, 5.41) is 0.639. The van der Waals surface area contributed by atoms with Crippen LogP contribution in [0.2, 0.25) is 5.02 Å². The first kappa shape index (κ1) is 19.1. The molecule has 0 unspecified atom stereocenters. The number of hydrogen-bond donors (Lipinski definition) is 0. The lowest BCUT2D eigenvalue weighted by Crippen LogP contribution is -2.30. The molecule has 0 N–H and O–H groups in total. The van der Waals surface area contributed by atoms with E-state index in [0.29, 0.717) is 30.3 Å². The van der Waals surface area contributed by atoms with Gasteiger partial charge < -0.3 is 14.4 Å². The normalized spacial score (nSPS) is 10.4. The largest absolute Gasteiger partial charge is 0.497 e. The van der Waals surface area contributed by atoms with Crippen LogP contribution in [0.4, 0.5) is 0 Å². The Kier molecular flexibility index (Phi) is 7.61. The first-order valence-corrected chi connectivity index (χ1v) is 8.71. The number of aryl methyl sites for hydroxylation is 1. The first-order valence-electron chi connectivity index (χ1n) is 8.34. The van der Waals surface area contributed by atoms with Gasteiger partial charge in [0, 0.05) is 18.5 Å². The minimum absolute atomic E-state index is 0.128. The summed E-state index contributed by atoms with van der Waals surface area (Å²) in [6, 6.07) is 15.2. The van der Waals surface area contributed by atoms with Gasteiger partial charge >= 0.3 is 0 Å². The van der Waals surface area contributed by atoms with Crippen LogP contribution in [0.5, 0.6) is 11.5 Å². The Morgan fingerprint density at radius 3 is 2.56 bits per heavy atom. The highest BCUT2D eigenvalue weighted by molar-refractivity contribution is 6.30. The Bertz CT molecular complexity index is 673. The van der Waals surface area contributed by atoms with E-state index in [1.807, 2.05) is 36.4 Å². The lowest BCUT2D eigenvalue weighted by atomic mass is 10.1. The molecule has 0 saturated heterocycles. The van der Waals surface area contributed by atoms with E-state index < -0.39 is 0 Å². The van der Waals surface area contributed by atoms with Crippen LogP contribution >= 0.6 is 11.6 Å². The molecule has 0 bridgehead atoms. The van der Waals surface area contributed by atoms with Crippen LogP contribution in [-0.4, -0.2) is 38.1 Å². The van der Waals surface area contributed by atoms with Crippen LogP contribution in [0, 0.1) is 0 Å². The van der Waals surface area contributed by atoms with Crippen molar-refractivity contribution in [1.29, 1.82) is 0 Å². The Hall–Kier alpha value is -2.20. The van der Waals surface area contributed by atoms with Gasteiger partial charge in [0.05, 0.1) is 13.7 Å². The predicted octanol–water partition coefficient (Wildman–Crippen LogP) is 4.21. The van der Waals surface area contributed by atoms with E-state index in [4.69, 9.17) is 21.1 Å². The molecule has 2 aromatic rings. The lowest BCUT2D eigenvalue weighted by Gasteiger charge is -2.17. The fraction of sp³-hybridized carbons (Fsp3) is 0.350. The number of likely N-dealkylation sites (N-methyl/N-ethyl adjacent to an activating group) is 1. The molecule has 134 valence electrons. The number of carbonyl (C=O) groups is 1. The summed E-state index contributed by atoms with van der Waals surface area (Å²) in [4.78, 5) is 13.9. The van der Waals surface area contributed by atoms with Crippen LogP contribution in [0.15, 0.2) is 48.5 Å². The van der Waals surface area contributed by atoms with Crippen LogP contribution in [-0.2, 0) is 11.2 Å².